The highest BCUT2D eigenvalue weighted by Gasteiger charge is 2.51. The summed E-state index contributed by atoms with van der Waals surface area (Å²) in [5, 5.41) is 2.65. The molecule has 192 valence electrons. The Morgan fingerprint density at radius 3 is 2.39 bits per heavy atom. The van der Waals surface area contributed by atoms with Crippen LogP contribution >= 0.6 is 0 Å². The topological polar surface area (TPSA) is 106 Å². The molecular weight excluding hydrogens is 459 g/mol. The van der Waals surface area contributed by atoms with Gasteiger partial charge in [-0.2, -0.15) is 0 Å². The molecule has 0 spiro atoms. The fraction of sp³-hybridized carbons (Fsp3) is 0.500. The lowest BCUT2D eigenvalue weighted by molar-refractivity contribution is -0.135. The van der Waals surface area contributed by atoms with E-state index >= 15 is 0 Å². The SMILES string of the molecule is COC(=O)NC(C(=O)N1CC=C[C@H]1c1nc(-c2ccc(B3OC(C)(C)C(C)(C)O3)cc2)c[nH]1)C(C)C. The van der Waals surface area contributed by atoms with E-state index in [-0.39, 0.29) is 17.9 Å². The number of ether oxygens (including phenoxy) is 1. The number of benzene rings is 1. The summed E-state index contributed by atoms with van der Waals surface area (Å²) >= 11 is 0. The number of rotatable bonds is 6. The van der Waals surface area contributed by atoms with Crippen LogP contribution in [0.4, 0.5) is 4.79 Å². The first-order valence-electron chi connectivity index (χ1n) is 12.3. The Hall–Kier alpha value is -3.11. The van der Waals surface area contributed by atoms with Crippen molar-refractivity contribution < 1.29 is 23.6 Å². The number of carbonyl (C=O) groups is 2. The van der Waals surface area contributed by atoms with Crippen molar-refractivity contribution in [3.05, 3.63) is 48.4 Å². The Balaban J connectivity index is 1.49. The average molecular weight is 494 g/mol. The quantitative estimate of drug-likeness (QED) is 0.472. The third-order valence-corrected chi connectivity index (χ3v) is 7.24. The number of hydrogen-bond donors (Lipinski definition) is 2. The van der Waals surface area contributed by atoms with Crippen molar-refractivity contribution in [2.24, 2.45) is 5.92 Å². The molecule has 2 amide bonds. The van der Waals surface area contributed by atoms with Crippen molar-refractivity contribution in [3.63, 3.8) is 0 Å². The number of nitrogens with zero attached hydrogens (tertiary/aromatic N) is 2. The molecular formula is C26H35BN4O5. The average Bonchev–Trinajstić information content (AvgIpc) is 3.54. The zero-order chi connectivity index (χ0) is 26.3. The van der Waals surface area contributed by atoms with Crippen LogP contribution in [0, 0.1) is 5.92 Å². The molecule has 0 aliphatic carbocycles. The van der Waals surface area contributed by atoms with Crippen LogP contribution < -0.4 is 10.8 Å². The number of carbonyl (C=O) groups excluding carboxylic acids is 2. The molecule has 1 aromatic heterocycles. The number of methoxy groups -OCH3 is 1. The van der Waals surface area contributed by atoms with Crippen LogP contribution in [0.1, 0.15) is 53.4 Å². The van der Waals surface area contributed by atoms with E-state index in [0.717, 1.165) is 16.7 Å². The molecule has 1 saturated heterocycles. The predicted octanol–water partition coefficient (Wildman–Crippen LogP) is 3.20. The standard InChI is InChI=1S/C26H35BN4O5/c1-16(2)21(30-24(33)34-7)23(32)31-14-8-9-20(31)22-28-15-19(29-22)17-10-12-18(13-11-17)27-35-25(3,4)26(5,6)36-27/h8-13,15-16,20-21H,14H2,1-7H3,(H,28,29)(H,30,33)/t20-,21?/m0/s1. The fourth-order valence-electron chi connectivity index (χ4n) is 4.29. The highest BCUT2D eigenvalue weighted by atomic mass is 16.7. The van der Waals surface area contributed by atoms with Crippen molar-refractivity contribution in [3.8, 4) is 11.3 Å². The van der Waals surface area contributed by atoms with Crippen molar-refractivity contribution >= 4 is 24.6 Å². The summed E-state index contributed by atoms with van der Waals surface area (Å²) in [4.78, 5) is 34.8. The van der Waals surface area contributed by atoms with Crippen LogP contribution in [0.25, 0.3) is 11.3 Å². The molecule has 4 rings (SSSR count). The van der Waals surface area contributed by atoms with Gasteiger partial charge in [0, 0.05) is 18.3 Å². The van der Waals surface area contributed by atoms with Crippen LogP contribution in [-0.4, -0.2) is 64.9 Å². The number of hydrogen-bond acceptors (Lipinski definition) is 6. The number of aromatic nitrogens is 2. The van der Waals surface area contributed by atoms with Gasteiger partial charge in [-0.3, -0.25) is 4.79 Å². The first-order valence-corrected chi connectivity index (χ1v) is 12.3. The lowest BCUT2D eigenvalue weighted by atomic mass is 9.79. The number of amides is 2. The van der Waals surface area contributed by atoms with Gasteiger partial charge in [-0.1, -0.05) is 50.3 Å². The molecule has 9 nitrogen and oxygen atoms in total. The second-order valence-electron chi connectivity index (χ2n) is 10.6. The number of nitrogens with one attached hydrogen (secondary N) is 2. The Labute approximate surface area is 212 Å². The molecule has 2 N–H and O–H groups in total. The maximum atomic E-state index is 13.3. The maximum Gasteiger partial charge on any atom is 0.494 e. The van der Waals surface area contributed by atoms with E-state index in [1.807, 2.05) is 84.2 Å². The zero-order valence-electron chi connectivity index (χ0n) is 22.0. The van der Waals surface area contributed by atoms with Gasteiger partial charge in [0.05, 0.1) is 24.0 Å². The summed E-state index contributed by atoms with van der Waals surface area (Å²) in [5.74, 6) is 0.366. The molecule has 0 bridgehead atoms. The Kier molecular flexibility index (Phi) is 7.03. The first kappa shape index (κ1) is 26.0. The fourth-order valence-corrected chi connectivity index (χ4v) is 4.29. The lowest BCUT2D eigenvalue weighted by Crippen LogP contribution is -2.51. The molecule has 1 unspecified atom stereocenters. The van der Waals surface area contributed by atoms with Crippen LogP contribution in [-0.2, 0) is 18.8 Å². The van der Waals surface area contributed by atoms with E-state index in [0.29, 0.717) is 12.4 Å². The van der Waals surface area contributed by atoms with Gasteiger partial charge in [0.2, 0.25) is 5.91 Å². The van der Waals surface area contributed by atoms with Crippen molar-refractivity contribution in [1.82, 2.24) is 20.2 Å². The highest BCUT2D eigenvalue weighted by Crippen LogP contribution is 2.36. The predicted molar refractivity (Wildman–Crippen MR) is 138 cm³/mol. The number of aromatic amines is 1. The number of imidazole rings is 1. The summed E-state index contributed by atoms with van der Waals surface area (Å²) in [6.45, 7) is 12.3. The smallest absolute Gasteiger partial charge is 0.453 e. The summed E-state index contributed by atoms with van der Waals surface area (Å²) in [7, 11) is 0.860. The van der Waals surface area contributed by atoms with E-state index in [2.05, 4.69) is 10.3 Å². The van der Waals surface area contributed by atoms with Gasteiger partial charge in [0.25, 0.3) is 0 Å². The van der Waals surface area contributed by atoms with Gasteiger partial charge in [0.15, 0.2) is 0 Å². The molecule has 1 fully saturated rings. The Morgan fingerprint density at radius 2 is 1.81 bits per heavy atom. The molecule has 0 saturated carbocycles. The van der Waals surface area contributed by atoms with Gasteiger partial charge in [-0.05, 0) is 39.1 Å². The summed E-state index contributed by atoms with van der Waals surface area (Å²) in [6.07, 6.45) is 5.08. The van der Waals surface area contributed by atoms with Crippen molar-refractivity contribution in [2.45, 2.75) is 64.8 Å². The zero-order valence-corrected chi connectivity index (χ0v) is 22.0. The van der Waals surface area contributed by atoms with E-state index < -0.39 is 30.5 Å². The van der Waals surface area contributed by atoms with Gasteiger partial charge < -0.3 is 29.2 Å². The van der Waals surface area contributed by atoms with E-state index in [1.165, 1.54) is 7.11 Å². The molecule has 2 atom stereocenters. The third-order valence-electron chi connectivity index (χ3n) is 7.24. The second-order valence-corrected chi connectivity index (χ2v) is 10.6. The minimum absolute atomic E-state index is 0.104. The Bertz CT molecular complexity index is 1130. The highest BCUT2D eigenvalue weighted by molar-refractivity contribution is 6.62. The van der Waals surface area contributed by atoms with E-state index in [9.17, 15) is 9.59 Å². The third kappa shape index (κ3) is 4.92. The molecule has 2 aromatic rings. The molecule has 36 heavy (non-hydrogen) atoms. The number of H-pyrrole nitrogens is 1. The van der Waals surface area contributed by atoms with E-state index in [4.69, 9.17) is 19.0 Å². The van der Waals surface area contributed by atoms with Gasteiger partial charge in [-0.25, -0.2) is 9.78 Å². The van der Waals surface area contributed by atoms with Crippen LogP contribution in [0.3, 0.4) is 0 Å². The van der Waals surface area contributed by atoms with Crippen LogP contribution in [0.5, 0.6) is 0 Å². The number of alkyl carbamates (subject to hydrolysis) is 1. The van der Waals surface area contributed by atoms with Crippen molar-refractivity contribution in [1.29, 1.82) is 0 Å². The van der Waals surface area contributed by atoms with Crippen molar-refractivity contribution in [2.75, 3.05) is 13.7 Å². The Morgan fingerprint density at radius 1 is 1.17 bits per heavy atom. The van der Waals surface area contributed by atoms with Gasteiger partial charge in [0.1, 0.15) is 17.9 Å². The first-order chi connectivity index (χ1) is 16.9. The minimum Gasteiger partial charge on any atom is -0.453 e. The lowest BCUT2D eigenvalue weighted by Gasteiger charge is -2.32. The summed E-state index contributed by atoms with van der Waals surface area (Å²) in [6, 6.07) is 6.91. The van der Waals surface area contributed by atoms with Gasteiger partial charge >= 0.3 is 13.2 Å². The van der Waals surface area contributed by atoms with Gasteiger partial charge in [-0.15, -0.1) is 0 Å². The molecule has 3 heterocycles. The molecule has 2 aliphatic rings. The largest absolute Gasteiger partial charge is 0.494 e. The summed E-state index contributed by atoms with van der Waals surface area (Å²) in [5.41, 5.74) is 1.86. The molecule has 0 radical (unpaired) electrons. The molecule has 10 heteroatoms. The maximum absolute atomic E-state index is 13.3. The monoisotopic (exact) mass is 494 g/mol. The normalized spacial score (nSPS) is 21.2. The minimum atomic E-state index is -0.697. The molecule has 1 aromatic carbocycles. The van der Waals surface area contributed by atoms with Crippen LogP contribution in [0.2, 0.25) is 0 Å². The van der Waals surface area contributed by atoms with Crippen LogP contribution in [0.15, 0.2) is 42.6 Å². The molecule has 2 aliphatic heterocycles. The second kappa shape index (κ2) is 9.74. The summed E-state index contributed by atoms with van der Waals surface area (Å²) < 4.78 is 17.0. The van der Waals surface area contributed by atoms with E-state index in [1.54, 1.807) is 4.90 Å².